The maximum absolute atomic E-state index is 14.1. The number of hydrogen-bond donors (Lipinski definition) is 5. The number of rotatable bonds is 15. The Balaban J connectivity index is 1.39. The van der Waals surface area contributed by atoms with Gasteiger partial charge in [-0.15, -0.1) is 0 Å². The molecule has 0 unspecified atom stereocenters. The summed E-state index contributed by atoms with van der Waals surface area (Å²) in [6.07, 6.45) is 6.01. The first kappa shape index (κ1) is 38.4. The number of hydrogen-bond acceptors (Lipinski definition) is 6. The van der Waals surface area contributed by atoms with Crippen LogP contribution in [-0.2, 0) is 29.1 Å². The number of anilines is 1. The molecular formula is C36H41Cl2F2N7O3S. The summed E-state index contributed by atoms with van der Waals surface area (Å²) in [4.78, 5) is 42.2. The number of likely N-dealkylation sites (tertiary alicyclic amines) is 1. The van der Waals surface area contributed by atoms with Gasteiger partial charge in [-0.2, -0.15) is 11.8 Å². The van der Waals surface area contributed by atoms with Gasteiger partial charge in [-0.25, -0.2) is 13.6 Å². The molecule has 10 nitrogen and oxygen atoms in total. The number of nitrogens with one attached hydrogen (secondary N) is 4. The first-order valence-corrected chi connectivity index (χ1v) is 18.8. The molecule has 0 saturated carbocycles. The van der Waals surface area contributed by atoms with Gasteiger partial charge in [-0.3, -0.25) is 14.5 Å². The number of thioether (sulfide) groups is 1. The Hall–Kier alpha value is -3.88. The smallest absolute Gasteiger partial charge is 0.319 e. The second kappa shape index (κ2) is 18.1. The molecule has 51 heavy (non-hydrogen) atoms. The van der Waals surface area contributed by atoms with Gasteiger partial charge >= 0.3 is 6.03 Å². The highest BCUT2D eigenvalue weighted by molar-refractivity contribution is 7.98. The van der Waals surface area contributed by atoms with Crippen LogP contribution in [0, 0.1) is 11.6 Å². The second-order valence-electron chi connectivity index (χ2n) is 12.4. The van der Waals surface area contributed by atoms with E-state index in [1.54, 1.807) is 30.5 Å². The lowest BCUT2D eigenvalue weighted by molar-refractivity contribution is -0.129. The van der Waals surface area contributed by atoms with Crippen LogP contribution < -0.4 is 27.0 Å². The van der Waals surface area contributed by atoms with Gasteiger partial charge in [0.2, 0.25) is 11.8 Å². The van der Waals surface area contributed by atoms with Crippen LogP contribution in [0.25, 0.3) is 10.9 Å². The minimum absolute atomic E-state index is 0.173. The van der Waals surface area contributed by atoms with Crippen molar-refractivity contribution in [1.29, 1.82) is 0 Å². The molecule has 4 amide bonds. The minimum Gasteiger partial charge on any atom is -0.353 e. The lowest BCUT2D eigenvalue weighted by atomic mass is 10.0. The monoisotopic (exact) mass is 759 g/mol. The third-order valence-electron chi connectivity index (χ3n) is 8.66. The highest BCUT2D eigenvalue weighted by Crippen LogP contribution is 2.31. The molecule has 0 aliphatic carbocycles. The van der Waals surface area contributed by atoms with Crippen molar-refractivity contribution in [3.05, 3.63) is 99.2 Å². The third-order valence-corrected chi connectivity index (χ3v) is 10.0. The van der Waals surface area contributed by atoms with E-state index in [0.29, 0.717) is 22.3 Å². The second-order valence-corrected chi connectivity index (χ2v) is 14.1. The van der Waals surface area contributed by atoms with Gasteiger partial charge < -0.3 is 31.6 Å². The molecule has 1 aliphatic rings. The normalized spacial score (nSPS) is 14.3. The van der Waals surface area contributed by atoms with Gasteiger partial charge in [0.1, 0.15) is 12.1 Å². The number of aromatic nitrogens is 1. The summed E-state index contributed by atoms with van der Waals surface area (Å²) in [5.41, 5.74) is 8.98. The highest BCUT2D eigenvalue weighted by atomic mass is 35.5. The summed E-state index contributed by atoms with van der Waals surface area (Å²) in [5.74, 6) is -2.98. The van der Waals surface area contributed by atoms with Gasteiger partial charge in [0, 0.05) is 64.7 Å². The molecule has 0 radical (unpaired) electrons. The molecular weight excluding hydrogens is 719 g/mol. The summed E-state index contributed by atoms with van der Waals surface area (Å²) in [6.45, 7) is 3.66. The largest absolute Gasteiger partial charge is 0.353 e. The maximum Gasteiger partial charge on any atom is 0.319 e. The number of carbonyl (C=O) groups excluding carboxylic acids is 3. The van der Waals surface area contributed by atoms with Gasteiger partial charge in [0.25, 0.3) is 0 Å². The number of halogens is 4. The van der Waals surface area contributed by atoms with Crippen LogP contribution in [0.1, 0.15) is 29.5 Å². The number of benzene rings is 3. The first-order valence-electron chi connectivity index (χ1n) is 16.6. The van der Waals surface area contributed by atoms with Crippen molar-refractivity contribution in [2.75, 3.05) is 43.5 Å². The Kier molecular flexibility index (Phi) is 13.6. The number of carbonyl (C=O) groups is 3. The van der Waals surface area contributed by atoms with E-state index in [-0.39, 0.29) is 30.8 Å². The molecule has 1 saturated heterocycles. The molecule has 272 valence electrons. The van der Waals surface area contributed by atoms with Crippen molar-refractivity contribution in [3.63, 3.8) is 0 Å². The molecule has 2 atom stereocenters. The predicted molar refractivity (Wildman–Crippen MR) is 200 cm³/mol. The summed E-state index contributed by atoms with van der Waals surface area (Å²) >= 11 is 14.4. The van der Waals surface area contributed by atoms with Gasteiger partial charge in [-0.1, -0.05) is 41.4 Å². The quantitative estimate of drug-likeness (QED) is 0.108. The van der Waals surface area contributed by atoms with Crippen LogP contribution in [0.5, 0.6) is 0 Å². The van der Waals surface area contributed by atoms with E-state index in [4.69, 9.17) is 28.9 Å². The molecule has 15 heteroatoms. The van der Waals surface area contributed by atoms with Crippen molar-refractivity contribution in [2.45, 2.75) is 44.4 Å². The Morgan fingerprint density at radius 2 is 1.67 bits per heavy atom. The van der Waals surface area contributed by atoms with E-state index in [1.807, 2.05) is 12.1 Å². The van der Waals surface area contributed by atoms with Crippen LogP contribution in [-0.4, -0.2) is 77.6 Å². The molecule has 4 aromatic rings. The van der Waals surface area contributed by atoms with Crippen LogP contribution in [0.15, 0.2) is 60.8 Å². The van der Waals surface area contributed by atoms with Crippen LogP contribution in [0.2, 0.25) is 10.0 Å². The Morgan fingerprint density at radius 3 is 2.35 bits per heavy atom. The fourth-order valence-corrected chi connectivity index (χ4v) is 7.20. The lowest BCUT2D eigenvalue weighted by Gasteiger charge is -2.23. The Bertz CT molecular complexity index is 1850. The highest BCUT2D eigenvalue weighted by Gasteiger charge is 2.27. The molecule has 0 spiro atoms. The predicted octanol–water partition coefficient (Wildman–Crippen LogP) is 5.53. The van der Waals surface area contributed by atoms with E-state index < -0.39 is 41.6 Å². The van der Waals surface area contributed by atoms with Crippen molar-refractivity contribution in [1.82, 2.24) is 25.4 Å². The van der Waals surface area contributed by atoms with Crippen LogP contribution in [0.3, 0.4) is 0 Å². The maximum atomic E-state index is 14.1. The van der Waals surface area contributed by atoms with E-state index in [0.717, 1.165) is 66.6 Å². The topological polar surface area (TPSA) is 134 Å². The van der Waals surface area contributed by atoms with E-state index in [2.05, 4.69) is 36.9 Å². The van der Waals surface area contributed by atoms with Crippen molar-refractivity contribution in [3.8, 4) is 0 Å². The van der Waals surface area contributed by atoms with Crippen molar-refractivity contribution < 1.29 is 23.2 Å². The number of amides is 4. The number of nitrogens with zero attached hydrogens (tertiary/aromatic N) is 2. The number of fused-ring (bicyclic) bond motifs is 1. The van der Waals surface area contributed by atoms with Gasteiger partial charge in [-0.05, 0) is 79.7 Å². The SMILES string of the molecule is CSC[C@H](NC(=O)[C@H](Cc1ccc(F)c(F)c1)NC(=O)Nc1ccc2c(CN3CCCC3)cn(Cc3c(Cl)cccc3Cl)c2c1)C(=O)NCCN. The number of nitrogens with two attached hydrogens (primary N) is 1. The van der Waals surface area contributed by atoms with Crippen LogP contribution in [0.4, 0.5) is 19.3 Å². The molecule has 1 aromatic heterocycles. The zero-order valence-electron chi connectivity index (χ0n) is 28.1. The van der Waals surface area contributed by atoms with Crippen molar-refractivity contribution >= 4 is 69.4 Å². The molecule has 6 N–H and O–H groups in total. The van der Waals surface area contributed by atoms with Crippen LogP contribution >= 0.6 is 35.0 Å². The molecule has 0 bridgehead atoms. The van der Waals surface area contributed by atoms with Gasteiger partial charge in [0.05, 0.1) is 12.1 Å². The first-order chi connectivity index (χ1) is 24.6. The lowest BCUT2D eigenvalue weighted by Crippen LogP contribution is -2.56. The van der Waals surface area contributed by atoms with E-state index in [1.165, 1.54) is 17.8 Å². The summed E-state index contributed by atoms with van der Waals surface area (Å²) in [5, 5.41) is 12.9. The fourth-order valence-electron chi connectivity index (χ4n) is 6.12. The summed E-state index contributed by atoms with van der Waals surface area (Å²) in [7, 11) is 0. The Labute approximate surface area is 309 Å². The van der Waals surface area contributed by atoms with E-state index >= 15 is 0 Å². The number of urea groups is 1. The third kappa shape index (κ3) is 10.1. The molecule has 1 fully saturated rings. The van der Waals surface area contributed by atoms with Gasteiger partial charge in [0.15, 0.2) is 11.6 Å². The molecule has 3 aromatic carbocycles. The average molecular weight is 761 g/mol. The standard InChI is InChI=1S/C36H41Cl2F2N7O3S/c1-51-21-32(34(48)42-12-11-41)44-35(49)31(16-22-7-10-29(39)30(40)15-22)45-36(50)43-24-8-9-25-23(18-46-13-2-3-14-46)19-47(33(25)17-24)20-26-27(37)5-4-6-28(26)38/h4-10,15,17,19,31-32H,2-3,11-14,16,18,20-21,41H2,1H3,(H,42,48)(H,44,49)(H2,43,45,50)/t31-,32-/m0/s1. The summed E-state index contributed by atoms with van der Waals surface area (Å²) < 4.78 is 29.9. The van der Waals surface area contributed by atoms with E-state index in [9.17, 15) is 23.2 Å². The molecule has 2 heterocycles. The zero-order chi connectivity index (χ0) is 36.5. The Morgan fingerprint density at radius 1 is 0.922 bits per heavy atom. The molecule has 1 aliphatic heterocycles. The van der Waals surface area contributed by atoms with Crippen molar-refractivity contribution in [2.24, 2.45) is 5.73 Å². The molecule has 5 rings (SSSR count). The summed E-state index contributed by atoms with van der Waals surface area (Å²) in [6, 6.07) is 11.3. The zero-order valence-corrected chi connectivity index (χ0v) is 30.4. The average Bonchev–Trinajstić information content (AvgIpc) is 3.74. The fraction of sp³-hybridized carbons (Fsp3) is 0.361. The minimum atomic E-state index is -1.25.